The lowest BCUT2D eigenvalue weighted by molar-refractivity contribution is -0.145. The van der Waals surface area contributed by atoms with Crippen molar-refractivity contribution in [2.24, 2.45) is 5.92 Å². The third kappa shape index (κ3) is 3.36. The van der Waals surface area contributed by atoms with Crippen LogP contribution in [0.4, 0.5) is 0 Å². The van der Waals surface area contributed by atoms with Gasteiger partial charge < -0.3 is 4.74 Å². The zero-order chi connectivity index (χ0) is 14.8. The molecule has 1 unspecified atom stereocenters. The van der Waals surface area contributed by atoms with Gasteiger partial charge in [0.1, 0.15) is 6.33 Å². The summed E-state index contributed by atoms with van der Waals surface area (Å²) in [4.78, 5) is 15.7. The molecule has 1 saturated carbocycles. The Labute approximate surface area is 118 Å². The first kappa shape index (κ1) is 15.0. The number of rotatable bonds is 5. The van der Waals surface area contributed by atoms with Gasteiger partial charge in [-0.2, -0.15) is 0 Å². The number of aromatic nitrogens is 3. The largest absolute Gasteiger partial charge is 0.467 e. The van der Waals surface area contributed by atoms with Crippen LogP contribution in [0.2, 0.25) is 0 Å². The summed E-state index contributed by atoms with van der Waals surface area (Å²) in [6.07, 6.45) is 7.44. The molecule has 20 heavy (non-hydrogen) atoms. The van der Waals surface area contributed by atoms with Gasteiger partial charge in [-0.15, -0.1) is 5.10 Å². The maximum atomic E-state index is 11.9. The molecule has 0 saturated heterocycles. The fourth-order valence-electron chi connectivity index (χ4n) is 2.59. The third-order valence-corrected chi connectivity index (χ3v) is 4.49. The lowest BCUT2D eigenvalue weighted by Crippen LogP contribution is -2.24. The first-order valence-electron chi connectivity index (χ1n) is 6.61. The minimum atomic E-state index is -3.47. The Morgan fingerprint density at radius 3 is 2.65 bits per heavy atom. The molecule has 112 valence electrons. The van der Waals surface area contributed by atoms with Gasteiger partial charge >= 0.3 is 5.97 Å². The van der Waals surface area contributed by atoms with E-state index in [-0.39, 0.29) is 5.16 Å². The Balaban J connectivity index is 2.21. The van der Waals surface area contributed by atoms with E-state index in [2.05, 4.69) is 10.1 Å². The second kappa shape index (κ2) is 5.90. The zero-order valence-corrected chi connectivity index (χ0v) is 12.5. The molecule has 0 N–H and O–H groups in total. The monoisotopic (exact) mass is 301 g/mol. The molecule has 1 aliphatic carbocycles. The van der Waals surface area contributed by atoms with E-state index in [0.717, 1.165) is 19.1 Å². The highest BCUT2D eigenvalue weighted by molar-refractivity contribution is 7.90. The normalized spacial score (nSPS) is 18.1. The molecule has 0 radical (unpaired) electrons. The van der Waals surface area contributed by atoms with Gasteiger partial charge in [-0.25, -0.2) is 22.9 Å². The molecule has 1 fully saturated rings. The number of carbonyl (C=O) groups is 1. The van der Waals surface area contributed by atoms with Gasteiger partial charge in [0.05, 0.1) is 7.11 Å². The predicted molar refractivity (Wildman–Crippen MR) is 70.8 cm³/mol. The average molecular weight is 301 g/mol. The van der Waals surface area contributed by atoms with Crippen molar-refractivity contribution >= 4 is 15.8 Å². The molecule has 2 rings (SSSR count). The van der Waals surface area contributed by atoms with Crippen LogP contribution in [0.1, 0.15) is 38.1 Å². The van der Waals surface area contributed by atoms with Gasteiger partial charge in [0, 0.05) is 6.26 Å². The van der Waals surface area contributed by atoms with Crippen molar-refractivity contribution in [3.05, 3.63) is 6.33 Å². The summed E-state index contributed by atoms with van der Waals surface area (Å²) >= 11 is 0. The van der Waals surface area contributed by atoms with E-state index in [4.69, 9.17) is 4.74 Å². The quantitative estimate of drug-likeness (QED) is 0.753. The van der Waals surface area contributed by atoms with Crippen LogP contribution in [-0.4, -0.2) is 42.5 Å². The first-order valence-corrected chi connectivity index (χ1v) is 8.50. The second-order valence-corrected chi connectivity index (χ2v) is 7.11. The Bertz CT molecular complexity index is 575. The van der Waals surface area contributed by atoms with E-state index in [1.54, 1.807) is 0 Å². The lowest BCUT2D eigenvalue weighted by Gasteiger charge is -2.18. The molecule has 1 atom stereocenters. The molecule has 1 aliphatic rings. The van der Waals surface area contributed by atoms with Gasteiger partial charge in [0.15, 0.2) is 6.04 Å². The first-order chi connectivity index (χ1) is 9.41. The molecule has 1 aromatic rings. The number of methoxy groups -OCH3 is 1. The molecule has 0 bridgehead atoms. The number of ether oxygens (including phenoxy) is 1. The summed E-state index contributed by atoms with van der Waals surface area (Å²) in [5, 5.41) is 3.64. The summed E-state index contributed by atoms with van der Waals surface area (Å²) in [6, 6.07) is -0.605. The number of esters is 1. The molecule has 8 heteroatoms. The smallest absolute Gasteiger partial charge is 0.330 e. The van der Waals surface area contributed by atoms with Crippen LogP contribution in [0.25, 0.3) is 0 Å². The maximum Gasteiger partial charge on any atom is 0.330 e. The molecule has 0 amide bonds. The topological polar surface area (TPSA) is 91.2 Å². The van der Waals surface area contributed by atoms with E-state index in [1.807, 2.05) is 0 Å². The molecule has 0 spiro atoms. The third-order valence-electron chi connectivity index (χ3n) is 3.64. The van der Waals surface area contributed by atoms with E-state index >= 15 is 0 Å². The summed E-state index contributed by atoms with van der Waals surface area (Å²) in [7, 11) is -2.15. The van der Waals surface area contributed by atoms with Crippen LogP contribution in [0, 0.1) is 5.92 Å². The van der Waals surface area contributed by atoms with E-state index < -0.39 is 21.8 Å². The standard InChI is InChI=1S/C12H19N3O4S/c1-19-11(16)10(7-9-5-3-4-6-9)15-8-13-12(14-15)20(2,17)18/h8-10H,3-7H2,1-2H3. The molecule has 7 nitrogen and oxygen atoms in total. The molecule has 0 aliphatic heterocycles. The van der Waals surface area contributed by atoms with Crippen molar-refractivity contribution in [3.8, 4) is 0 Å². The zero-order valence-electron chi connectivity index (χ0n) is 11.7. The minimum absolute atomic E-state index is 0.266. The van der Waals surface area contributed by atoms with Crippen molar-refractivity contribution in [1.82, 2.24) is 14.8 Å². The highest BCUT2D eigenvalue weighted by Crippen LogP contribution is 2.32. The van der Waals surface area contributed by atoms with Gasteiger partial charge in [-0.05, 0) is 12.3 Å². The van der Waals surface area contributed by atoms with Gasteiger partial charge in [0.2, 0.25) is 9.84 Å². The van der Waals surface area contributed by atoms with Crippen LogP contribution in [-0.2, 0) is 19.4 Å². The van der Waals surface area contributed by atoms with E-state index in [1.165, 1.54) is 31.0 Å². The fourth-order valence-corrected chi connectivity index (χ4v) is 3.07. The fraction of sp³-hybridized carbons (Fsp3) is 0.750. The lowest BCUT2D eigenvalue weighted by atomic mass is 9.98. The number of carbonyl (C=O) groups excluding carboxylic acids is 1. The number of nitrogens with zero attached hydrogens (tertiary/aromatic N) is 3. The van der Waals surface area contributed by atoms with Crippen molar-refractivity contribution in [1.29, 1.82) is 0 Å². The van der Waals surface area contributed by atoms with Crippen LogP contribution in [0.5, 0.6) is 0 Å². The summed E-state index contributed by atoms with van der Waals surface area (Å²) in [6.45, 7) is 0. The van der Waals surface area contributed by atoms with Crippen LogP contribution in [0.3, 0.4) is 0 Å². The van der Waals surface area contributed by atoms with Gasteiger partial charge in [-0.1, -0.05) is 25.7 Å². The van der Waals surface area contributed by atoms with E-state index in [0.29, 0.717) is 12.3 Å². The molecular formula is C12H19N3O4S. The summed E-state index contributed by atoms with van der Waals surface area (Å²) in [5.74, 6) is 0.0341. The van der Waals surface area contributed by atoms with Crippen LogP contribution >= 0.6 is 0 Å². The van der Waals surface area contributed by atoms with E-state index in [9.17, 15) is 13.2 Å². The van der Waals surface area contributed by atoms with Crippen LogP contribution < -0.4 is 0 Å². The minimum Gasteiger partial charge on any atom is -0.467 e. The summed E-state index contributed by atoms with van der Waals surface area (Å²) < 4.78 is 28.9. The highest BCUT2D eigenvalue weighted by Gasteiger charge is 2.29. The molecule has 1 heterocycles. The highest BCUT2D eigenvalue weighted by atomic mass is 32.2. The molecule has 1 aromatic heterocycles. The van der Waals surface area contributed by atoms with Gasteiger partial charge in [-0.3, -0.25) is 0 Å². The number of sulfone groups is 1. The molecule has 0 aromatic carbocycles. The van der Waals surface area contributed by atoms with Crippen molar-refractivity contribution in [3.63, 3.8) is 0 Å². The van der Waals surface area contributed by atoms with Crippen LogP contribution in [0.15, 0.2) is 11.5 Å². The number of hydrogen-bond donors (Lipinski definition) is 0. The van der Waals surface area contributed by atoms with Crippen molar-refractivity contribution in [2.75, 3.05) is 13.4 Å². The average Bonchev–Trinajstić information content (AvgIpc) is 3.05. The van der Waals surface area contributed by atoms with Crippen molar-refractivity contribution in [2.45, 2.75) is 43.3 Å². The summed E-state index contributed by atoms with van der Waals surface area (Å²) in [5.41, 5.74) is 0. The Kier molecular flexibility index (Phi) is 4.42. The SMILES string of the molecule is COC(=O)C(CC1CCCC1)n1cnc(S(C)(=O)=O)n1. The maximum absolute atomic E-state index is 11.9. The Morgan fingerprint density at radius 2 is 2.15 bits per heavy atom. The Hall–Kier alpha value is -1.44. The number of hydrogen-bond acceptors (Lipinski definition) is 6. The van der Waals surface area contributed by atoms with Gasteiger partial charge in [0.25, 0.3) is 5.16 Å². The Morgan fingerprint density at radius 1 is 1.50 bits per heavy atom. The van der Waals surface area contributed by atoms with Crippen molar-refractivity contribution < 1.29 is 17.9 Å². The molecular weight excluding hydrogens is 282 g/mol. The second-order valence-electron chi connectivity index (χ2n) is 5.20. The predicted octanol–water partition coefficient (Wildman–Crippen LogP) is 0.976.